The van der Waals surface area contributed by atoms with Gasteiger partial charge >= 0.3 is 0 Å². The van der Waals surface area contributed by atoms with E-state index in [1.807, 2.05) is 0 Å². The van der Waals surface area contributed by atoms with Gasteiger partial charge in [0, 0.05) is 6.42 Å². The highest BCUT2D eigenvalue weighted by atomic mass is 16.5. The molecule has 0 fully saturated rings. The summed E-state index contributed by atoms with van der Waals surface area (Å²) < 4.78 is 5.36. The Hall–Kier alpha value is -0.900. The van der Waals surface area contributed by atoms with Gasteiger partial charge in [-0.3, -0.25) is 0 Å². The molecule has 0 saturated heterocycles. The smallest absolute Gasteiger partial charge is 0.226 e. The molecule has 1 aromatic rings. The molecule has 110 valence electrons. The predicted octanol–water partition coefficient (Wildman–Crippen LogP) is 3.66. The minimum atomic E-state index is -0.449. The van der Waals surface area contributed by atoms with E-state index in [1.165, 1.54) is 0 Å². The molecule has 0 aliphatic rings. The molecule has 0 bridgehead atoms. The molecule has 0 aliphatic heterocycles. The summed E-state index contributed by atoms with van der Waals surface area (Å²) in [5, 5.41) is 4.07. The Balaban J connectivity index is 2.70. The molecular formula is C15H29N3O. The van der Waals surface area contributed by atoms with Crippen molar-refractivity contribution in [3.05, 3.63) is 11.7 Å². The van der Waals surface area contributed by atoms with E-state index in [0.717, 1.165) is 25.7 Å². The van der Waals surface area contributed by atoms with Crippen molar-refractivity contribution in [3.8, 4) is 0 Å². The third-order valence-electron chi connectivity index (χ3n) is 3.66. The first-order valence-electron chi connectivity index (χ1n) is 7.32. The zero-order chi connectivity index (χ0) is 14.7. The minimum Gasteiger partial charge on any atom is -0.339 e. The molecule has 0 saturated carbocycles. The van der Waals surface area contributed by atoms with Crippen LogP contribution < -0.4 is 5.73 Å². The van der Waals surface area contributed by atoms with Crippen LogP contribution in [-0.2, 0) is 12.0 Å². The van der Waals surface area contributed by atoms with E-state index in [4.69, 9.17) is 10.3 Å². The van der Waals surface area contributed by atoms with Gasteiger partial charge in [0.15, 0.2) is 5.82 Å². The number of hydrogen-bond acceptors (Lipinski definition) is 4. The summed E-state index contributed by atoms with van der Waals surface area (Å²) in [6.07, 6.45) is 3.61. The molecule has 0 amide bonds. The fraction of sp³-hybridized carbons (Fsp3) is 0.867. The summed E-state index contributed by atoms with van der Waals surface area (Å²) in [5.41, 5.74) is 6.16. The molecule has 1 heterocycles. The third kappa shape index (κ3) is 4.60. The van der Waals surface area contributed by atoms with Crippen molar-refractivity contribution in [2.45, 2.75) is 72.8 Å². The molecule has 1 aromatic heterocycles. The van der Waals surface area contributed by atoms with Crippen LogP contribution in [0.15, 0.2) is 4.52 Å². The maximum Gasteiger partial charge on any atom is 0.226 e. The summed E-state index contributed by atoms with van der Waals surface area (Å²) in [6, 6.07) is 0. The van der Waals surface area contributed by atoms with Crippen LogP contribution in [0.1, 0.15) is 72.5 Å². The van der Waals surface area contributed by atoms with Gasteiger partial charge in [-0.05, 0) is 30.6 Å². The van der Waals surface area contributed by atoms with Crippen LogP contribution in [0, 0.1) is 11.3 Å². The van der Waals surface area contributed by atoms with Crippen molar-refractivity contribution in [3.63, 3.8) is 0 Å². The normalized spacial score (nSPS) is 14.7. The fourth-order valence-electron chi connectivity index (χ4n) is 2.52. The van der Waals surface area contributed by atoms with Gasteiger partial charge in [-0.2, -0.15) is 4.98 Å². The standard InChI is InChI=1S/C15H29N3O/c1-7-15(16,8-2)13-17-12(19-18-13)9-11(3)10-14(4,5)6/h11H,7-10,16H2,1-6H3. The van der Waals surface area contributed by atoms with Crippen molar-refractivity contribution < 1.29 is 4.52 Å². The van der Waals surface area contributed by atoms with Crippen LogP contribution in [0.5, 0.6) is 0 Å². The number of aromatic nitrogens is 2. The molecule has 1 rings (SSSR count). The second kappa shape index (κ2) is 6.04. The Kier molecular flexibility index (Phi) is 5.13. The molecule has 1 unspecified atom stereocenters. The molecule has 2 N–H and O–H groups in total. The fourth-order valence-corrected chi connectivity index (χ4v) is 2.52. The van der Waals surface area contributed by atoms with Gasteiger partial charge in [-0.25, -0.2) is 0 Å². The molecule has 0 aliphatic carbocycles. The van der Waals surface area contributed by atoms with E-state index in [1.54, 1.807) is 0 Å². The first-order chi connectivity index (χ1) is 8.70. The highest BCUT2D eigenvalue weighted by Gasteiger charge is 2.29. The molecule has 1 atom stereocenters. The van der Waals surface area contributed by atoms with Crippen LogP contribution in [0.3, 0.4) is 0 Å². The maximum atomic E-state index is 6.28. The monoisotopic (exact) mass is 267 g/mol. The van der Waals surface area contributed by atoms with Crippen molar-refractivity contribution in [1.29, 1.82) is 0 Å². The summed E-state index contributed by atoms with van der Waals surface area (Å²) in [6.45, 7) is 13.1. The lowest BCUT2D eigenvalue weighted by Crippen LogP contribution is -2.36. The van der Waals surface area contributed by atoms with Crippen molar-refractivity contribution >= 4 is 0 Å². The van der Waals surface area contributed by atoms with Crippen LogP contribution in [0.25, 0.3) is 0 Å². The van der Waals surface area contributed by atoms with Crippen LogP contribution in [0.2, 0.25) is 0 Å². The summed E-state index contributed by atoms with van der Waals surface area (Å²) in [7, 11) is 0. The number of nitrogens with two attached hydrogens (primary N) is 1. The first-order valence-corrected chi connectivity index (χ1v) is 7.32. The zero-order valence-corrected chi connectivity index (χ0v) is 13.3. The average molecular weight is 267 g/mol. The van der Waals surface area contributed by atoms with Crippen molar-refractivity contribution in [2.75, 3.05) is 0 Å². The predicted molar refractivity (Wildman–Crippen MR) is 77.7 cm³/mol. The molecule has 0 aromatic carbocycles. The number of rotatable bonds is 6. The van der Waals surface area contributed by atoms with Gasteiger partial charge in [-0.1, -0.05) is 46.7 Å². The van der Waals surface area contributed by atoms with Gasteiger partial charge in [0.25, 0.3) is 0 Å². The molecule has 4 heteroatoms. The first kappa shape index (κ1) is 16.2. The Morgan fingerprint density at radius 3 is 2.26 bits per heavy atom. The third-order valence-corrected chi connectivity index (χ3v) is 3.66. The highest BCUT2D eigenvalue weighted by molar-refractivity contribution is 5.03. The number of nitrogens with zero attached hydrogens (tertiary/aromatic N) is 2. The zero-order valence-electron chi connectivity index (χ0n) is 13.3. The summed E-state index contributed by atoms with van der Waals surface area (Å²) in [5.74, 6) is 1.89. The molecule has 19 heavy (non-hydrogen) atoms. The van der Waals surface area contributed by atoms with Crippen LogP contribution in [0.4, 0.5) is 0 Å². The van der Waals surface area contributed by atoms with Gasteiger partial charge < -0.3 is 10.3 Å². The van der Waals surface area contributed by atoms with E-state index in [0.29, 0.717) is 23.0 Å². The lowest BCUT2D eigenvalue weighted by molar-refractivity contribution is 0.280. The van der Waals surface area contributed by atoms with Crippen molar-refractivity contribution in [2.24, 2.45) is 17.1 Å². The minimum absolute atomic E-state index is 0.326. The number of hydrogen-bond donors (Lipinski definition) is 1. The van der Waals surface area contributed by atoms with E-state index < -0.39 is 5.54 Å². The summed E-state index contributed by atoms with van der Waals surface area (Å²) in [4.78, 5) is 4.49. The molecular weight excluding hydrogens is 238 g/mol. The highest BCUT2D eigenvalue weighted by Crippen LogP contribution is 2.27. The van der Waals surface area contributed by atoms with Gasteiger partial charge in [0.05, 0.1) is 5.54 Å². The molecule has 4 nitrogen and oxygen atoms in total. The quantitative estimate of drug-likeness (QED) is 0.854. The SMILES string of the molecule is CCC(N)(CC)c1noc(CC(C)CC(C)(C)C)n1. The topological polar surface area (TPSA) is 64.9 Å². The van der Waals surface area contributed by atoms with E-state index in [2.05, 4.69) is 51.7 Å². The van der Waals surface area contributed by atoms with Gasteiger partial charge in [0.2, 0.25) is 5.89 Å². The van der Waals surface area contributed by atoms with Gasteiger partial charge in [-0.15, -0.1) is 0 Å². The van der Waals surface area contributed by atoms with E-state index >= 15 is 0 Å². The van der Waals surface area contributed by atoms with Gasteiger partial charge in [0.1, 0.15) is 0 Å². The lowest BCUT2D eigenvalue weighted by Gasteiger charge is -2.22. The molecule has 0 spiro atoms. The van der Waals surface area contributed by atoms with E-state index in [9.17, 15) is 0 Å². The van der Waals surface area contributed by atoms with Crippen LogP contribution >= 0.6 is 0 Å². The largest absolute Gasteiger partial charge is 0.339 e. The molecule has 0 radical (unpaired) electrons. The van der Waals surface area contributed by atoms with E-state index in [-0.39, 0.29) is 0 Å². The second-order valence-corrected chi connectivity index (χ2v) is 6.95. The lowest BCUT2D eigenvalue weighted by atomic mass is 9.84. The Morgan fingerprint density at radius 2 is 1.79 bits per heavy atom. The second-order valence-electron chi connectivity index (χ2n) is 6.95. The van der Waals surface area contributed by atoms with Crippen LogP contribution in [-0.4, -0.2) is 10.1 Å². The summed E-state index contributed by atoms with van der Waals surface area (Å²) >= 11 is 0. The Bertz CT molecular complexity index is 388. The Labute approximate surface area is 117 Å². The van der Waals surface area contributed by atoms with Crippen molar-refractivity contribution in [1.82, 2.24) is 10.1 Å². The average Bonchev–Trinajstić information content (AvgIpc) is 2.74. The Morgan fingerprint density at radius 1 is 1.21 bits per heavy atom. The maximum absolute atomic E-state index is 6.28.